The standard InChI is InChI=1S/C12H17NO2/c1-9(2)8-11(14)12(15)13-10-6-4-3-5-7-10/h3-7,9,11,14H,8H2,1-2H3,(H,13,15). The van der Waals surface area contributed by atoms with Gasteiger partial charge in [0.05, 0.1) is 0 Å². The fourth-order valence-electron chi connectivity index (χ4n) is 1.30. The summed E-state index contributed by atoms with van der Waals surface area (Å²) in [5, 5.41) is 12.2. The molecule has 0 spiro atoms. The minimum Gasteiger partial charge on any atom is -0.383 e. The van der Waals surface area contributed by atoms with Crippen LogP contribution in [-0.4, -0.2) is 17.1 Å². The van der Waals surface area contributed by atoms with Crippen molar-refractivity contribution >= 4 is 11.6 Å². The second kappa shape index (κ2) is 5.51. The molecule has 0 aliphatic heterocycles. The molecule has 1 rings (SSSR count). The second-order valence-corrected chi connectivity index (χ2v) is 4.00. The lowest BCUT2D eigenvalue weighted by molar-refractivity contribution is -0.124. The van der Waals surface area contributed by atoms with Gasteiger partial charge in [-0.1, -0.05) is 32.0 Å². The van der Waals surface area contributed by atoms with Crippen LogP contribution in [0.4, 0.5) is 5.69 Å². The summed E-state index contributed by atoms with van der Waals surface area (Å²) in [6.45, 7) is 3.94. The molecule has 0 aromatic heterocycles. The van der Waals surface area contributed by atoms with E-state index in [2.05, 4.69) is 5.32 Å². The van der Waals surface area contributed by atoms with Crippen LogP contribution in [0, 0.1) is 5.92 Å². The van der Waals surface area contributed by atoms with E-state index in [4.69, 9.17) is 0 Å². The largest absolute Gasteiger partial charge is 0.383 e. The number of hydrogen-bond acceptors (Lipinski definition) is 2. The Labute approximate surface area is 90.1 Å². The molecule has 15 heavy (non-hydrogen) atoms. The second-order valence-electron chi connectivity index (χ2n) is 4.00. The van der Waals surface area contributed by atoms with Gasteiger partial charge in [0.1, 0.15) is 6.10 Å². The molecule has 1 unspecified atom stereocenters. The summed E-state index contributed by atoms with van der Waals surface area (Å²) in [6.07, 6.45) is -0.441. The highest BCUT2D eigenvalue weighted by Crippen LogP contribution is 2.09. The minimum atomic E-state index is -0.926. The molecule has 1 amide bonds. The third-order valence-electron chi connectivity index (χ3n) is 2.04. The lowest BCUT2D eigenvalue weighted by Crippen LogP contribution is -2.28. The Balaban J connectivity index is 2.49. The van der Waals surface area contributed by atoms with E-state index in [0.29, 0.717) is 18.0 Å². The molecule has 0 fully saturated rings. The normalized spacial score (nSPS) is 12.5. The molecule has 0 saturated carbocycles. The van der Waals surface area contributed by atoms with Gasteiger partial charge < -0.3 is 10.4 Å². The fraction of sp³-hybridized carbons (Fsp3) is 0.417. The average Bonchev–Trinajstić information content (AvgIpc) is 2.18. The summed E-state index contributed by atoms with van der Waals surface area (Å²) in [4.78, 5) is 11.5. The molecule has 1 atom stereocenters. The van der Waals surface area contributed by atoms with Crippen LogP contribution < -0.4 is 5.32 Å². The zero-order valence-corrected chi connectivity index (χ0v) is 9.10. The fourth-order valence-corrected chi connectivity index (χ4v) is 1.30. The van der Waals surface area contributed by atoms with Crippen LogP contribution in [0.2, 0.25) is 0 Å². The Morgan fingerprint density at radius 3 is 2.47 bits per heavy atom. The number of carbonyl (C=O) groups is 1. The maximum Gasteiger partial charge on any atom is 0.253 e. The molecule has 3 heteroatoms. The number of carbonyl (C=O) groups excluding carboxylic acids is 1. The quantitative estimate of drug-likeness (QED) is 0.793. The predicted octanol–water partition coefficient (Wildman–Crippen LogP) is 2.03. The molecule has 0 aliphatic carbocycles. The summed E-state index contributed by atoms with van der Waals surface area (Å²) < 4.78 is 0. The summed E-state index contributed by atoms with van der Waals surface area (Å²) in [5.74, 6) is -0.0311. The van der Waals surface area contributed by atoms with E-state index in [9.17, 15) is 9.90 Å². The molecule has 82 valence electrons. The molecule has 0 heterocycles. The summed E-state index contributed by atoms with van der Waals surface area (Å²) >= 11 is 0. The number of para-hydroxylation sites is 1. The Hall–Kier alpha value is -1.35. The molecule has 0 aliphatic rings. The number of amides is 1. The number of nitrogens with one attached hydrogen (secondary N) is 1. The first-order valence-corrected chi connectivity index (χ1v) is 5.13. The molecule has 2 N–H and O–H groups in total. The lowest BCUT2D eigenvalue weighted by atomic mass is 10.1. The summed E-state index contributed by atoms with van der Waals surface area (Å²) in [6, 6.07) is 9.13. The first-order valence-electron chi connectivity index (χ1n) is 5.13. The van der Waals surface area contributed by atoms with E-state index < -0.39 is 6.10 Å². The van der Waals surface area contributed by atoms with E-state index in [0.717, 1.165) is 0 Å². The molecule has 3 nitrogen and oxygen atoms in total. The van der Waals surface area contributed by atoms with Crippen LogP contribution in [0.5, 0.6) is 0 Å². The number of aliphatic hydroxyl groups is 1. The van der Waals surface area contributed by atoms with Gasteiger partial charge in [-0.3, -0.25) is 4.79 Å². The molecular weight excluding hydrogens is 190 g/mol. The molecular formula is C12H17NO2. The van der Waals surface area contributed by atoms with Gasteiger partial charge in [-0.25, -0.2) is 0 Å². The van der Waals surface area contributed by atoms with Crippen molar-refractivity contribution in [1.29, 1.82) is 0 Å². The highest BCUT2D eigenvalue weighted by molar-refractivity contribution is 5.93. The van der Waals surface area contributed by atoms with Crippen LogP contribution in [0.15, 0.2) is 30.3 Å². The zero-order chi connectivity index (χ0) is 11.3. The molecule has 1 aromatic carbocycles. The van der Waals surface area contributed by atoms with Gasteiger partial charge in [-0.2, -0.15) is 0 Å². The molecule has 0 saturated heterocycles. The Morgan fingerprint density at radius 1 is 1.33 bits per heavy atom. The first kappa shape index (κ1) is 11.7. The predicted molar refractivity (Wildman–Crippen MR) is 60.5 cm³/mol. The van der Waals surface area contributed by atoms with Crippen LogP contribution in [0.3, 0.4) is 0 Å². The van der Waals surface area contributed by atoms with Crippen molar-refractivity contribution in [2.75, 3.05) is 5.32 Å². The van der Waals surface area contributed by atoms with Gasteiger partial charge in [0.15, 0.2) is 0 Å². The average molecular weight is 207 g/mol. The van der Waals surface area contributed by atoms with Crippen molar-refractivity contribution in [2.24, 2.45) is 5.92 Å². The summed E-state index contributed by atoms with van der Waals surface area (Å²) in [7, 11) is 0. The van der Waals surface area contributed by atoms with E-state index in [1.165, 1.54) is 0 Å². The monoisotopic (exact) mass is 207 g/mol. The summed E-state index contributed by atoms with van der Waals surface area (Å²) in [5.41, 5.74) is 0.713. The maximum absolute atomic E-state index is 11.5. The van der Waals surface area contributed by atoms with E-state index in [-0.39, 0.29) is 5.91 Å². The zero-order valence-electron chi connectivity index (χ0n) is 9.10. The molecule has 1 aromatic rings. The van der Waals surface area contributed by atoms with Gasteiger partial charge in [-0.15, -0.1) is 0 Å². The van der Waals surface area contributed by atoms with Crippen molar-refractivity contribution in [3.8, 4) is 0 Å². The van der Waals surface area contributed by atoms with Crippen LogP contribution >= 0.6 is 0 Å². The highest BCUT2D eigenvalue weighted by Gasteiger charge is 2.15. The van der Waals surface area contributed by atoms with Crippen LogP contribution in [-0.2, 0) is 4.79 Å². The molecule has 0 bridgehead atoms. The topological polar surface area (TPSA) is 49.3 Å². The van der Waals surface area contributed by atoms with Crippen molar-refractivity contribution in [1.82, 2.24) is 0 Å². The number of rotatable bonds is 4. The Morgan fingerprint density at radius 2 is 1.93 bits per heavy atom. The van der Waals surface area contributed by atoms with Crippen molar-refractivity contribution in [3.05, 3.63) is 30.3 Å². The highest BCUT2D eigenvalue weighted by atomic mass is 16.3. The van der Waals surface area contributed by atoms with Gasteiger partial charge >= 0.3 is 0 Å². The van der Waals surface area contributed by atoms with E-state index >= 15 is 0 Å². The maximum atomic E-state index is 11.5. The van der Waals surface area contributed by atoms with Crippen LogP contribution in [0.25, 0.3) is 0 Å². The van der Waals surface area contributed by atoms with Crippen molar-refractivity contribution < 1.29 is 9.90 Å². The Bertz CT molecular complexity index is 309. The Kier molecular flexibility index (Phi) is 4.31. The number of aliphatic hydroxyl groups excluding tert-OH is 1. The number of anilines is 1. The van der Waals surface area contributed by atoms with Crippen LogP contribution in [0.1, 0.15) is 20.3 Å². The molecule has 0 radical (unpaired) electrons. The van der Waals surface area contributed by atoms with E-state index in [1.54, 1.807) is 12.1 Å². The van der Waals surface area contributed by atoms with Crippen molar-refractivity contribution in [2.45, 2.75) is 26.4 Å². The van der Waals surface area contributed by atoms with Gasteiger partial charge in [0, 0.05) is 5.69 Å². The van der Waals surface area contributed by atoms with Crippen molar-refractivity contribution in [3.63, 3.8) is 0 Å². The number of hydrogen-bond donors (Lipinski definition) is 2. The minimum absolute atomic E-state index is 0.307. The van der Waals surface area contributed by atoms with Gasteiger partial charge in [-0.05, 0) is 24.5 Å². The van der Waals surface area contributed by atoms with Gasteiger partial charge in [0.2, 0.25) is 0 Å². The van der Waals surface area contributed by atoms with Gasteiger partial charge in [0.25, 0.3) is 5.91 Å². The van der Waals surface area contributed by atoms with E-state index in [1.807, 2.05) is 32.0 Å². The third kappa shape index (κ3) is 4.13. The lowest BCUT2D eigenvalue weighted by Gasteiger charge is -2.12. The first-order chi connectivity index (χ1) is 7.09. The SMILES string of the molecule is CC(C)CC(O)C(=O)Nc1ccccc1. The smallest absolute Gasteiger partial charge is 0.253 e. The third-order valence-corrected chi connectivity index (χ3v) is 2.04. The number of benzene rings is 1.